The van der Waals surface area contributed by atoms with Crippen molar-refractivity contribution in [2.24, 2.45) is 0 Å². The fourth-order valence-electron chi connectivity index (χ4n) is 2.79. The SMILES string of the molecule is Cc1ccc(CN(CC(=O)NC(C)c2ccccc2C)S(C)(=O)=O)cc1. The predicted octanol–water partition coefficient (Wildman–Crippen LogP) is 2.94. The minimum Gasteiger partial charge on any atom is -0.348 e. The quantitative estimate of drug-likeness (QED) is 0.810. The molecule has 1 unspecified atom stereocenters. The van der Waals surface area contributed by atoms with Gasteiger partial charge in [0, 0.05) is 6.54 Å². The fraction of sp³-hybridized carbons (Fsp3) is 0.350. The zero-order valence-electron chi connectivity index (χ0n) is 15.7. The molecule has 1 atom stereocenters. The summed E-state index contributed by atoms with van der Waals surface area (Å²) in [5.41, 5.74) is 4.05. The van der Waals surface area contributed by atoms with Gasteiger partial charge < -0.3 is 5.32 Å². The maximum absolute atomic E-state index is 12.4. The van der Waals surface area contributed by atoms with Gasteiger partial charge in [0.25, 0.3) is 0 Å². The summed E-state index contributed by atoms with van der Waals surface area (Å²) in [5, 5.41) is 2.89. The summed E-state index contributed by atoms with van der Waals surface area (Å²) in [5.74, 6) is -0.321. The minimum atomic E-state index is -3.50. The standard InChI is InChI=1S/C20H26N2O3S/c1-15-9-11-18(12-10-15)13-22(26(4,24)25)14-20(23)21-17(3)19-8-6-5-7-16(19)2/h5-12,17H,13-14H2,1-4H3,(H,21,23). The molecule has 0 aliphatic carbocycles. The Morgan fingerprint density at radius 2 is 1.69 bits per heavy atom. The number of amides is 1. The third-order valence-corrected chi connectivity index (χ3v) is 5.50. The van der Waals surface area contributed by atoms with Crippen LogP contribution in [0.3, 0.4) is 0 Å². The van der Waals surface area contributed by atoms with Gasteiger partial charge >= 0.3 is 0 Å². The highest BCUT2D eigenvalue weighted by Gasteiger charge is 2.22. The van der Waals surface area contributed by atoms with E-state index in [1.165, 1.54) is 4.31 Å². The van der Waals surface area contributed by atoms with Gasteiger partial charge in [-0.2, -0.15) is 4.31 Å². The van der Waals surface area contributed by atoms with Crippen molar-refractivity contribution >= 4 is 15.9 Å². The fourth-order valence-corrected chi connectivity index (χ4v) is 3.52. The molecular formula is C20H26N2O3S. The van der Waals surface area contributed by atoms with E-state index in [-0.39, 0.29) is 25.0 Å². The molecule has 0 spiro atoms. The molecule has 0 aromatic heterocycles. The van der Waals surface area contributed by atoms with Crippen LogP contribution in [0.25, 0.3) is 0 Å². The van der Waals surface area contributed by atoms with Gasteiger partial charge in [-0.3, -0.25) is 4.79 Å². The van der Waals surface area contributed by atoms with E-state index in [0.29, 0.717) is 0 Å². The minimum absolute atomic E-state index is 0.172. The summed E-state index contributed by atoms with van der Waals surface area (Å²) in [6.07, 6.45) is 1.12. The Labute approximate surface area is 156 Å². The molecule has 1 amide bonds. The molecule has 0 radical (unpaired) electrons. The van der Waals surface area contributed by atoms with E-state index >= 15 is 0 Å². The first-order valence-corrected chi connectivity index (χ1v) is 10.4. The van der Waals surface area contributed by atoms with Crippen LogP contribution in [0.15, 0.2) is 48.5 Å². The van der Waals surface area contributed by atoms with Gasteiger partial charge in [0.1, 0.15) is 0 Å². The van der Waals surface area contributed by atoms with E-state index in [1.807, 2.05) is 69.3 Å². The second kappa shape index (κ2) is 8.47. The molecule has 140 valence electrons. The van der Waals surface area contributed by atoms with Crippen LogP contribution in [-0.4, -0.2) is 31.4 Å². The Bertz CT molecular complexity index is 861. The molecule has 2 aromatic rings. The molecule has 0 saturated heterocycles. The number of sulfonamides is 1. The summed E-state index contributed by atoms with van der Waals surface area (Å²) >= 11 is 0. The van der Waals surface area contributed by atoms with E-state index in [4.69, 9.17) is 0 Å². The number of nitrogens with zero attached hydrogens (tertiary/aromatic N) is 1. The Hall–Kier alpha value is -2.18. The van der Waals surface area contributed by atoms with Gasteiger partial charge in [-0.1, -0.05) is 54.1 Å². The summed E-state index contributed by atoms with van der Waals surface area (Å²) in [4.78, 5) is 12.4. The van der Waals surface area contributed by atoms with Crippen molar-refractivity contribution in [3.8, 4) is 0 Å². The monoisotopic (exact) mass is 374 g/mol. The van der Waals surface area contributed by atoms with Crippen molar-refractivity contribution in [1.29, 1.82) is 0 Å². The van der Waals surface area contributed by atoms with Crippen molar-refractivity contribution in [3.63, 3.8) is 0 Å². The molecule has 0 saturated carbocycles. The number of carbonyl (C=O) groups is 1. The summed E-state index contributed by atoms with van der Waals surface area (Å²) < 4.78 is 25.4. The topological polar surface area (TPSA) is 66.5 Å². The number of rotatable bonds is 7. The van der Waals surface area contributed by atoms with Crippen molar-refractivity contribution < 1.29 is 13.2 Å². The van der Waals surface area contributed by atoms with Gasteiger partial charge in [0.2, 0.25) is 15.9 Å². The largest absolute Gasteiger partial charge is 0.348 e. The highest BCUT2D eigenvalue weighted by Crippen LogP contribution is 2.17. The Balaban J connectivity index is 2.07. The average molecular weight is 375 g/mol. The summed E-state index contributed by atoms with van der Waals surface area (Å²) in [6.45, 7) is 5.82. The van der Waals surface area contributed by atoms with Crippen LogP contribution in [0.2, 0.25) is 0 Å². The second-order valence-corrected chi connectivity index (χ2v) is 8.64. The zero-order chi connectivity index (χ0) is 19.3. The Morgan fingerprint density at radius 3 is 2.27 bits per heavy atom. The first-order chi connectivity index (χ1) is 12.2. The molecule has 6 heteroatoms. The van der Waals surface area contributed by atoms with Gasteiger partial charge in [-0.15, -0.1) is 0 Å². The van der Waals surface area contributed by atoms with Crippen LogP contribution in [-0.2, 0) is 21.4 Å². The lowest BCUT2D eigenvalue weighted by Crippen LogP contribution is -2.40. The lowest BCUT2D eigenvalue weighted by atomic mass is 10.0. The molecule has 5 nitrogen and oxygen atoms in total. The van der Waals surface area contributed by atoms with E-state index < -0.39 is 10.0 Å². The lowest BCUT2D eigenvalue weighted by Gasteiger charge is -2.22. The number of benzene rings is 2. The van der Waals surface area contributed by atoms with Crippen LogP contribution in [0.5, 0.6) is 0 Å². The van der Waals surface area contributed by atoms with E-state index in [2.05, 4.69) is 5.32 Å². The van der Waals surface area contributed by atoms with Gasteiger partial charge in [-0.25, -0.2) is 8.42 Å². The number of carbonyl (C=O) groups excluding carboxylic acids is 1. The number of hydrogen-bond donors (Lipinski definition) is 1. The average Bonchev–Trinajstić information content (AvgIpc) is 2.55. The maximum Gasteiger partial charge on any atom is 0.235 e. The third kappa shape index (κ3) is 5.68. The number of nitrogens with one attached hydrogen (secondary N) is 1. The van der Waals surface area contributed by atoms with Crippen LogP contribution >= 0.6 is 0 Å². The van der Waals surface area contributed by atoms with E-state index in [9.17, 15) is 13.2 Å². The van der Waals surface area contributed by atoms with Crippen molar-refractivity contribution in [1.82, 2.24) is 9.62 Å². The van der Waals surface area contributed by atoms with Crippen LogP contribution in [0.4, 0.5) is 0 Å². The van der Waals surface area contributed by atoms with Crippen molar-refractivity contribution in [2.45, 2.75) is 33.4 Å². The van der Waals surface area contributed by atoms with Crippen LogP contribution in [0.1, 0.15) is 35.2 Å². The molecule has 2 aromatic carbocycles. The smallest absolute Gasteiger partial charge is 0.235 e. The van der Waals surface area contributed by atoms with E-state index in [1.54, 1.807) is 0 Å². The molecule has 0 fully saturated rings. The third-order valence-electron chi connectivity index (χ3n) is 4.30. The van der Waals surface area contributed by atoms with Crippen LogP contribution < -0.4 is 5.32 Å². The van der Waals surface area contributed by atoms with E-state index in [0.717, 1.165) is 28.5 Å². The molecule has 0 aliphatic heterocycles. The molecule has 2 rings (SSSR count). The van der Waals surface area contributed by atoms with Gasteiger partial charge in [-0.05, 0) is 37.5 Å². The Morgan fingerprint density at radius 1 is 1.08 bits per heavy atom. The van der Waals surface area contributed by atoms with Gasteiger partial charge in [0.05, 0.1) is 18.8 Å². The number of hydrogen-bond acceptors (Lipinski definition) is 3. The molecule has 1 N–H and O–H groups in total. The maximum atomic E-state index is 12.4. The van der Waals surface area contributed by atoms with Crippen molar-refractivity contribution in [3.05, 3.63) is 70.8 Å². The summed E-state index contributed by atoms with van der Waals surface area (Å²) in [7, 11) is -3.50. The molecule has 0 aliphatic rings. The molecule has 26 heavy (non-hydrogen) atoms. The van der Waals surface area contributed by atoms with Crippen LogP contribution in [0, 0.1) is 13.8 Å². The summed E-state index contributed by atoms with van der Waals surface area (Å²) in [6, 6.07) is 15.2. The first-order valence-electron chi connectivity index (χ1n) is 8.52. The Kier molecular flexibility index (Phi) is 6.56. The normalized spacial score (nSPS) is 12.8. The van der Waals surface area contributed by atoms with Gasteiger partial charge in [0.15, 0.2) is 0 Å². The number of aryl methyl sites for hydroxylation is 2. The zero-order valence-corrected chi connectivity index (χ0v) is 16.5. The predicted molar refractivity (Wildman–Crippen MR) is 104 cm³/mol. The first kappa shape index (κ1) is 20.1. The second-order valence-electron chi connectivity index (χ2n) is 6.66. The molecule has 0 heterocycles. The highest BCUT2D eigenvalue weighted by molar-refractivity contribution is 7.88. The molecular weight excluding hydrogens is 348 g/mol. The lowest BCUT2D eigenvalue weighted by molar-refractivity contribution is -0.122. The highest BCUT2D eigenvalue weighted by atomic mass is 32.2. The molecule has 0 bridgehead atoms. The van der Waals surface area contributed by atoms with Crippen molar-refractivity contribution in [2.75, 3.05) is 12.8 Å².